The third-order valence-corrected chi connectivity index (χ3v) is 5.62. The molecule has 3 heterocycles. The highest BCUT2D eigenvalue weighted by Crippen LogP contribution is 2.38. The Hall–Kier alpha value is -3.42. The molecule has 0 spiro atoms. The number of carbonyl (C=O) groups excluding carboxylic acids is 1. The molecule has 0 unspecified atom stereocenters. The van der Waals surface area contributed by atoms with Crippen molar-refractivity contribution in [3.8, 4) is 11.5 Å². The summed E-state index contributed by atoms with van der Waals surface area (Å²) < 4.78 is 25.9. The van der Waals surface area contributed by atoms with Gasteiger partial charge in [0.25, 0.3) is 5.56 Å². The summed E-state index contributed by atoms with van der Waals surface area (Å²) in [6.45, 7) is 1.55. The van der Waals surface area contributed by atoms with Crippen molar-refractivity contribution in [2.24, 2.45) is 0 Å². The van der Waals surface area contributed by atoms with E-state index in [-0.39, 0.29) is 35.0 Å². The Morgan fingerprint density at radius 1 is 1.13 bits per heavy atom. The molecule has 0 aliphatic carbocycles. The number of carbonyl (C=O) groups is 1. The number of rotatable bonds is 3. The molecule has 2 aliphatic rings. The molecule has 0 N–H and O–H groups in total. The van der Waals surface area contributed by atoms with Gasteiger partial charge in [-0.2, -0.15) is 0 Å². The summed E-state index contributed by atoms with van der Waals surface area (Å²) in [4.78, 5) is 31.7. The predicted molar refractivity (Wildman–Crippen MR) is 107 cm³/mol. The van der Waals surface area contributed by atoms with Crippen molar-refractivity contribution in [3.05, 3.63) is 64.5 Å². The van der Waals surface area contributed by atoms with Crippen molar-refractivity contribution >= 4 is 16.8 Å². The maximum atomic E-state index is 13.4. The summed E-state index contributed by atoms with van der Waals surface area (Å²) in [7, 11) is 0. The van der Waals surface area contributed by atoms with Gasteiger partial charge in [0.15, 0.2) is 11.5 Å². The number of ether oxygens (including phenoxy) is 2. The summed E-state index contributed by atoms with van der Waals surface area (Å²) in [6, 6.07) is 9.52. The molecule has 0 bridgehead atoms. The van der Waals surface area contributed by atoms with Gasteiger partial charge in [0, 0.05) is 12.6 Å². The molecule has 3 aromatic rings. The number of hydrogen-bond donors (Lipinski definition) is 0. The van der Waals surface area contributed by atoms with Crippen molar-refractivity contribution in [1.82, 2.24) is 14.5 Å². The average Bonchev–Trinajstić information content (AvgIpc) is 3.25. The maximum Gasteiger partial charge on any atom is 0.261 e. The van der Waals surface area contributed by atoms with Crippen LogP contribution in [-0.2, 0) is 11.3 Å². The summed E-state index contributed by atoms with van der Waals surface area (Å²) in [5, 5.41) is 0.288. The monoisotopic (exact) mass is 409 g/mol. The first-order valence-electron chi connectivity index (χ1n) is 9.94. The van der Waals surface area contributed by atoms with Crippen molar-refractivity contribution in [2.45, 2.75) is 25.4 Å². The average molecular weight is 409 g/mol. The molecule has 1 aromatic heterocycles. The maximum absolute atomic E-state index is 13.4. The Labute approximate surface area is 171 Å². The van der Waals surface area contributed by atoms with Crippen LogP contribution in [0.25, 0.3) is 10.9 Å². The molecule has 0 saturated carbocycles. The van der Waals surface area contributed by atoms with E-state index >= 15 is 0 Å². The van der Waals surface area contributed by atoms with Crippen LogP contribution in [0, 0.1) is 5.82 Å². The van der Waals surface area contributed by atoms with Gasteiger partial charge in [-0.1, -0.05) is 6.07 Å². The SMILES string of the molecule is O=C(Cn1cnc2cc(F)ccc2c1=O)N1CCC[C@@H]1c1ccc2c(c1)OCCO2. The summed E-state index contributed by atoms with van der Waals surface area (Å²) in [5.41, 5.74) is 0.909. The molecule has 7 nitrogen and oxygen atoms in total. The predicted octanol–water partition coefficient (Wildman–Crippen LogP) is 2.67. The third kappa shape index (κ3) is 3.28. The number of benzene rings is 2. The molecule has 1 atom stereocenters. The van der Waals surface area contributed by atoms with E-state index in [0.29, 0.717) is 31.3 Å². The van der Waals surface area contributed by atoms with Crippen LogP contribution in [-0.4, -0.2) is 40.1 Å². The fourth-order valence-corrected chi connectivity index (χ4v) is 4.16. The normalized spacial score (nSPS) is 18.0. The fraction of sp³-hybridized carbons (Fsp3) is 0.318. The fourth-order valence-electron chi connectivity index (χ4n) is 4.16. The summed E-state index contributed by atoms with van der Waals surface area (Å²) >= 11 is 0. The quantitative estimate of drug-likeness (QED) is 0.665. The first-order valence-corrected chi connectivity index (χ1v) is 9.94. The van der Waals surface area contributed by atoms with Crippen molar-refractivity contribution in [1.29, 1.82) is 0 Å². The zero-order valence-corrected chi connectivity index (χ0v) is 16.2. The number of hydrogen-bond acceptors (Lipinski definition) is 5. The third-order valence-electron chi connectivity index (χ3n) is 5.62. The van der Waals surface area contributed by atoms with Gasteiger partial charge in [-0.3, -0.25) is 14.2 Å². The zero-order chi connectivity index (χ0) is 20.7. The molecule has 154 valence electrons. The van der Waals surface area contributed by atoms with Crippen LogP contribution in [0.15, 0.2) is 47.5 Å². The minimum absolute atomic E-state index is 0.0773. The summed E-state index contributed by atoms with van der Waals surface area (Å²) in [5.74, 6) is 0.798. The molecule has 5 rings (SSSR count). The Balaban J connectivity index is 1.39. The Morgan fingerprint density at radius 2 is 1.97 bits per heavy atom. The van der Waals surface area contributed by atoms with E-state index in [1.54, 1.807) is 4.90 Å². The number of nitrogens with zero attached hydrogens (tertiary/aromatic N) is 3. The Morgan fingerprint density at radius 3 is 2.83 bits per heavy atom. The largest absolute Gasteiger partial charge is 0.486 e. The minimum Gasteiger partial charge on any atom is -0.486 e. The van der Waals surface area contributed by atoms with Crippen molar-refractivity contribution < 1.29 is 18.7 Å². The number of amides is 1. The van der Waals surface area contributed by atoms with E-state index in [1.807, 2.05) is 18.2 Å². The zero-order valence-electron chi connectivity index (χ0n) is 16.2. The highest BCUT2D eigenvalue weighted by atomic mass is 19.1. The molecule has 1 amide bonds. The highest BCUT2D eigenvalue weighted by Gasteiger charge is 2.31. The topological polar surface area (TPSA) is 73.7 Å². The molecule has 1 saturated heterocycles. The number of aromatic nitrogens is 2. The van der Waals surface area contributed by atoms with E-state index < -0.39 is 5.82 Å². The molecule has 2 aromatic carbocycles. The molecular formula is C22H20FN3O4. The lowest BCUT2D eigenvalue weighted by molar-refractivity contribution is -0.132. The lowest BCUT2D eigenvalue weighted by Crippen LogP contribution is -2.36. The molecule has 2 aliphatic heterocycles. The Bertz CT molecular complexity index is 1190. The van der Waals surface area contributed by atoms with E-state index in [9.17, 15) is 14.0 Å². The van der Waals surface area contributed by atoms with E-state index in [1.165, 1.54) is 29.1 Å². The van der Waals surface area contributed by atoms with Crippen LogP contribution in [0.4, 0.5) is 4.39 Å². The smallest absolute Gasteiger partial charge is 0.261 e. The molecule has 30 heavy (non-hydrogen) atoms. The molecule has 0 radical (unpaired) electrons. The lowest BCUT2D eigenvalue weighted by Gasteiger charge is -2.27. The van der Waals surface area contributed by atoms with Gasteiger partial charge >= 0.3 is 0 Å². The van der Waals surface area contributed by atoms with Gasteiger partial charge in [0.05, 0.1) is 23.3 Å². The summed E-state index contributed by atoms with van der Waals surface area (Å²) in [6.07, 6.45) is 3.03. The first kappa shape index (κ1) is 18.6. The first-order chi connectivity index (χ1) is 14.6. The van der Waals surface area contributed by atoms with Crippen LogP contribution >= 0.6 is 0 Å². The van der Waals surface area contributed by atoms with Crippen LogP contribution in [0.3, 0.4) is 0 Å². The number of fused-ring (bicyclic) bond motifs is 2. The van der Waals surface area contributed by atoms with Crippen molar-refractivity contribution in [2.75, 3.05) is 19.8 Å². The highest BCUT2D eigenvalue weighted by molar-refractivity contribution is 5.79. The van der Waals surface area contributed by atoms with E-state index in [0.717, 1.165) is 18.4 Å². The van der Waals surface area contributed by atoms with Gasteiger partial charge in [-0.25, -0.2) is 9.37 Å². The second-order valence-corrected chi connectivity index (χ2v) is 7.49. The van der Waals surface area contributed by atoms with Crippen LogP contribution in [0.2, 0.25) is 0 Å². The second-order valence-electron chi connectivity index (χ2n) is 7.49. The molecule has 1 fully saturated rings. The Kier molecular flexibility index (Phi) is 4.61. The van der Waals surface area contributed by atoms with E-state index in [2.05, 4.69) is 4.98 Å². The molecular weight excluding hydrogens is 389 g/mol. The molecule has 8 heteroatoms. The standard InChI is InChI=1S/C22H20FN3O4/c23-15-4-5-16-17(11-15)24-13-25(22(16)28)12-21(27)26-7-1-2-18(26)14-3-6-19-20(10-14)30-9-8-29-19/h3-6,10-11,13,18H,1-2,7-9,12H2/t18-/m1/s1. The van der Waals surface area contributed by atoms with Crippen molar-refractivity contribution in [3.63, 3.8) is 0 Å². The van der Waals surface area contributed by atoms with Gasteiger partial charge in [0.1, 0.15) is 25.6 Å². The van der Waals surface area contributed by atoms with Gasteiger partial charge in [-0.05, 0) is 42.7 Å². The van der Waals surface area contributed by atoms with Gasteiger partial charge in [0.2, 0.25) is 5.91 Å². The van der Waals surface area contributed by atoms with Gasteiger partial charge < -0.3 is 14.4 Å². The second kappa shape index (κ2) is 7.44. The van der Waals surface area contributed by atoms with Crippen LogP contribution in [0.1, 0.15) is 24.4 Å². The van der Waals surface area contributed by atoms with Crippen LogP contribution < -0.4 is 15.0 Å². The minimum atomic E-state index is -0.456. The number of likely N-dealkylation sites (tertiary alicyclic amines) is 1. The van der Waals surface area contributed by atoms with Crippen LogP contribution in [0.5, 0.6) is 11.5 Å². The lowest BCUT2D eigenvalue weighted by atomic mass is 10.0. The van der Waals surface area contributed by atoms with Gasteiger partial charge in [-0.15, -0.1) is 0 Å². The van der Waals surface area contributed by atoms with E-state index in [4.69, 9.17) is 9.47 Å². The number of halogens is 1.